The summed E-state index contributed by atoms with van der Waals surface area (Å²) in [6.07, 6.45) is -3.54. The molecule has 5 nitrogen and oxygen atoms in total. The highest BCUT2D eigenvalue weighted by Gasteiger charge is 2.35. The predicted molar refractivity (Wildman–Crippen MR) is 68.4 cm³/mol. The Kier molecular flexibility index (Phi) is 4.56. The van der Waals surface area contributed by atoms with Gasteiger partial charge in [0.05, 0.1) is 18.8 Å². The fraction of sp³-hybridized carbons (Fsp3) is 0.462. The van der Waals surface area contributed by atoms with Gasteiger partial charge in [0.25, 0.3) is 0 Å². The fourth-order valence-electron chi connectivity index (χ4n) is 2.09. The van der Waals surface area contributed by atoms with E-state index in [1.807, 2.05) is 0 Å². The average Bonchev–Trinajstić information content (AvgIpc) is 2.46. The Balaban J connectivity index is 2.28. The van der Waals surface area contributed by atoms with Gasteiger partial charge in [0.15, 0.2) is 5.84 Å². The van der Waals surface area contributed by atoms with Gasteiger partial charge < -0.3 is 20.4 Å². The Morgan fingerprint density at radius 3 is 2.57 bits per heavy atom. The lowest BCUT2D eigenvalue weighted by atomic mass is 10.1. The Morgan fingerprint density at radius 2 is 2.00 bits per heavy atom. The van der Waals surface area contributed by atoms with Crippen molar-refractivity contribution in [3.63, 3.8) is 0 Å². The van der Waals surface area contributed by atoms with Crippen molar-refractivity contribution in [1.29, 1.82) is 0 Å². The minimum atomic E-state index is -4.63. The maximum absolute atomic E-state index is 13.0. The molecule has 1 aromatic rings. The van der Waals surface area contributed by atoms with Crippen molar-refractivity contribution in [1.82, 2.24) is 0 Å². The van der Waals surface area contributed by atoms with Crippen LogP contribution in [0.2, 0.25) is 0 Å². The second-order valence-corrected chi connectivity index (χ2v) is 4.62. The van der Waals surface area contributed by atoms with Gasteiger partial charge in [0.1, 0.15) is 11.9 Å². The summed E-state index contributed by atoms with van der Waals surface area (Å²) in [5, 5.41) is 11.2. The molecule has 1 fully saturated rings. The van der Waals surface area contributed by atoms with Crippen LogP contribution >= 0.6 is 0 Å². The van der Waals surface area contributed by atoms with Gasteiger partial charge in [0.2, 0.25) is 0 Å². The minimum absolute atomic E-state index is 0.101. The van der Waals surface area contributed by atoms with Crippen LogP contribution < -0.4 is 10.5 Å². The third-order valence-electron chi connectivity index (χ3n) is 3.15. The molecule has 1 saturated heterocycles. The molecule has 3 N–H and O–H groups in total. The first-order chi connectivity index (χ1) is 9.91. The van der Waals surface area contributed by atoms with Crippen LogP contribution in [-0.4, -0.2) is 30.4 Å². The molecule has 1 aromatic carbocycles. The Labute approximate surface area is 119 Å². The summed E-state index contributed by atoms with van der Waals surface area (Å²) in [6.45, 7) is 1.05. The number of hydrogen-bond donors (Lipinski definition) is 2. The number of benzene rings is 1. The zero-order valence-corrected chi connectivity index (χ0v) is 11.1. The number of rotatable bonds is 3. The van der Waals surface area contributed by atoms with Gasteiger partial charge in [-0.2, -0.15) is 13.2 Å². The van der Waals surface area contributed by atoms with Gasteiger partial charge in [0, 0.05) is 18.4 Å². The second kappa shape index (κ2) is 6.21. The van der Waals surface area contributed by atoms with E-state index >= 15 is 0 Å². The van der Waals surface area contributed by atoms with E-state index in [4.69, 9.17) is 20.4 Å². The normalized spacial score (nSPS) is 17.8. The molecule has 0 aromatic heterocycles. The monoisotopic (exact) mass is 304 g/mol. The molecule has 8 heteroatoms. The highest BCUT2D eigenvalue weighted by Crippen LogP contribution is 2.35. The molecule has 0 amide bonds. The third-order valence-corrected chi connectivity index (χ3v) is 3.15. The number of hydrogen-bond acceptors (Lipinski definition) is 4. The summed E-state index contributed by atoms with van der Waals surface area (Å²) in [5.41, 5.74) is 3.89. The highest BCUT2D eigenvalue weighted by atomic mass is 19.4. The van der Waals surface area contributed by atoms with Crippen molar-refractivity contribution < 1.29 is 27.9 Å². The molecular formula is C13H15F3N2O3. The Hall–Kier alpha value is -1.96. The molecule has 21 heavy (non-hydrogen) atoms. The van der Waals surface area contributed by atoms with E-state index < -0.39 is 17.6 Å². The molecule has 0 spiro atoms. The van der Waals surface area contributed by atoms with Crippen molar-refractivity contribution in [2.75, 3.05) is 13.2 Å². The molecule has 0 bridgehead atoms. The summed E-state index contributed by atoms with van der Waals surface area (Å²) in [7, 11) is 0. The molecule has 1 heterocycles. The lowest BCUT2D eigenvalue weighted by Crippen LogP contribution is -2.26. The molecule has 0 unspecified atom stereocenters. The van der Waals surface area contributed by atoms with E-state index in [0.717, 1.165) is 12.1 Å². The maximum Gasteiger partial charge on any atom is 0.417 e. The number of amidine groups is 1. The van der Waals surface area contributed by atoms with Gasteiger partial charge in [-0.15, -0.1) is 0 Å². The number of nitrogens with zero attached hydrogens (tertiary/aromatic N) is 1. The molecule has 116 valence electrons. The molecule has 0 atom stereocenters. The van der Waals surface area contributed by atoms with E-state index in [-0.39, 0.29) is 17.4 Å². The van der Waals surface area contributed by atoms with Crippen LogP contribution in [0.1, 0.15) is 24.0 Å². The lowest BCUT2D eigenvalue weighted by Gasteiger charge is -2.24. The van der Waals surface area contributed by atoms with Crippen molar-refractivity contribution in [3.05, 3.63) is 29.3 Å². The van der Waals surface area contributed by atoms with E-state index in [1.54, 1.807) is 0 Å². The quantitative estimate of drug-likeness (QED) is 0.389. The van der Waals surface area contributed by atoms with Crippen LogP contribution in [0.25, 0.3) is 0 Å². The van der Waals surface area contributed by atoms with Crippen LogP contribution in [0.15, 0.2) is 23.4 Å². The molecule has 0 radical (unpaired) electrons. The van der Waals surface area contributed by atoms with Crippen LogP contribution in [-0.2, 0) is 10.9 Å². The number of nitrogens with two attached hydrogens (primary N) is 1. The summed E-state index contributed by atoms with van der Waals surface area (Å²) in [4.78, 5) is 0. The predicted octanol–water partition coefficient (Wildman–Crippen LogP) is 2.36. The molecule has 0 saturated carbocycles. The van der Waals surface area contributed by atoms with Crippen LogP contribution in [0.4, 0.5) is 13.2 Å². The van der Waals surface area contributed by atoms with E-state index in [0.29, 0.717) is 26.1 Å². The fourth-order valence-corrected chi connectivity index (χ4v) is 2.09. The van der Waals surface area contributed by atoms with Crippen molar-refractivity contribution in [2.45, 2.75) is 25.1 Å². The summed E-state index contributed by atoms with van der Waals surface area (Å²) in [5.74, 6) is -0.497. The highest BCUT2D eigenvalue weighted by molar-refractivity contribution is 5.98. The first-order valence-electron chi connectivity index (χ1n) is 6.35. The Morgan fingerprint density at radius 1 is 1.33 bits per heavy atom. The SMILES string of the molecule is N/C(=N/O)c1ccc(OC2CCOCC2)cc1C(F)(F)F. The van der Waals surface area contributed by atoms with Crippen LogP contribution in [0.3, 0.4) is 0 Å². The number of ether oxygens (including phenoxy) is 2. The summed E-state index contributed by atoms with van der Waals surface area (Å²) < 4.78 is 49.8. The molecule has 0 aliphatic carbocycles. The molecule has 2 rings (SSSR count). The minimum Gasteiger partial charge on any atom is -0.490 e. The lowest BCUT2D eigenvalue weighted by molar-refractivity contribution is -0.137. The van der Waals surface area contributed by atoms with Crippen molar-refractivity contribution >= 4 is 5.84 Å². The Bertz CT molecular complexity index is 526. The smallest absolute Gasteiger partial charge is 0.417 e. The number of halogens is 3. The van der Waals surface area contributed by atoms with E-state index in [2.05, 4.69) is 5.16 Å². The summed E-state index contributed by atoms with van der Waals surface area (Å²) in [6, 6.07) is 3.37. The number of alkyl halides is 3. The van der Waals surface area contributed by atoms with Crippen molar-refractivity contribution in [2.24, 2.45) is 10.9 Å². The van der Waals surface area contributed by atoms with Crippen LogP contribution in [0, 0.1) is 0 Å². The molecular weight excluding hydrogens is 289 g/mol. The standard InChI is InChI=1S/C13H15F3N2O3/c14-13(15,16)11-7-9(1-2-10(11)12(17)18-19)21-8-3-5-20-6-4-8/h1-2,7-8,19H,3-6H2,(H2,17,18). The first kappa shape index (κ1) is 15.4. The largest absolute Gasteiger partial charge is 0.490 e. The summed E-state index contributed by atoms with van der Waals surface area (Å²) >= 11 is 0. The zero-order chi connectivity index (χ0) is 15.5. The second-order valence-electron chi connectivity index (χ2n) is 4.62. The number of oxime groups is 1. The zero-order valence-electron chi connectivity index (χ0n) is 11.1. The van der Waals surface area contributed by atoms with Gasteiger partial charge in [-0.25, -0.2) is 0 Å². The van der Waals surface area contributed by atoms with Gasteiger partial charge in [-0.3, -0.25) is 0 Å². The average molecular weight is 304 g/mol. The van der Waals surface area contributed by atoms with E-state index in [9.17, 15) is 13.2 Å². The first-order valence-corrected chi connectivity index (χ1v) is 6.35. The van der Waals surface area contributed by atoms with Gasteiger partial charge in [-0.1, -0.05) is 5.16 Å². The van der Waals surface area contributed by atoms with Gasteiger partial charge >= 0.3 is 6.18 Å². The molecule has 1 aliphatic rings. The maximum atomic E-state index is 13.0. The van der Waals surface area contributed by atoms with Gasteiger partial charge in [-0.05, 0) is 18.2 Å². The molecule has 1 aliphatic heterocycles. The third kappa shape index (κ3) is 3.78. The topological polar surface area (TPSA) is 77.1 Å². The van der Waals surface area contributed by atoms with Crippen LogP contribution in [0.5, 0.6) is 5.75 Å². The van der Waals surface area contributed by atoms with Crippen molar-refractivity contribution in [3.8, 4) is 5.75 Å². The van der Waals surface area contributed by atoms with E-state index in [1.165, 1.54) is 6.07 Å².